The summed E-state index contributed by atoms with van der Waals surface area (Å²) in [6.45, 7) is 0.518. The van der Waals surface area contributed by atoms with Gasteiger partial charge >= 0.3 is 6.36 Å². The van der Waals surface area contributed by atoms with Crippen molar-refractivity contribution in [1.82, 2.24) is 4.98 Å². The summed E-state index contributed by atoms with van der Waals surface area (Å²) in [4.78, 5) is 16.7. The molecule has 0 radical (unpaired) electrons. The third-order valence-corrected chi connectivity index (χ3v) is 4.00. The van der Waals surface area contributed by atoms with Crippen molar-refractivity contribution in [3.63, 3.8) is 0 Å². The summed E-state index contributed by atoms with van der Waals surface area (Å²) in [5.74, 6) is -0.392. The molecule has 1 N–H and O–H groups in total. The number of ether oxygens (including phenoxy) is 2. The molecule has 1 aromatic carbocycles. The second-order valence-corrected chi connectivity index (χ2v) is 6.26. The number of benzene rings is 1. The molecule has 0 saturated heterocycles. The molecule has 9 heteroatoms. The number of nitrogens with one attached hydrogen (secondary N) is 1. The van der Waals surface area contributed by atoms with Gasteiger partial charge in [0, 0.05) is 37.6 Å². The molecule has 25 heavy (non-hydrogen) atoms. The van der Waals surface area contributed by atoms with Gasteiger partial charge in [0.1, 0.15) is 5.75 Å². The van der Waals surface area contributed by atoms with Crippen LogP contribution in [0.25, 0.3) is 0 Å². The monoisotopic (exact) mass is 374 g/mol. The minimum absolute atomic E-state index is 0.133. The minimum atomic E-state index is -4.70. The fraction of sp³-hybridized carbons (Fsp3) is 0.375. The van der Waals surface area contributed by atoms with Crippen molar-refractivity contribution in [2.75, 3.05) is 19.0 Å². The lowest BCUT2D eigenvalue weighted by molar-refractivity contribution is -0.274. The molecule has 0 unspecified atom stereocenters. The molecular weight excluding hydrogens is 357 g/mol. The van der Waals surface area contributed by atoms with Gasteiger partial charge in [0.15, 0.2) is 5.13 Å². The van der Waals surface area contributed by atoms with Crippen LogP contribution in [0.5, 0.6) is 5.75 Å². The number of hydrogen-bond donors (Lipinski definition) is 1. The van der Waals surface area contributed by atoms with Crippen LogP contribution in [0.2, 0.25) is 0 Å². The summed E-state index contributed by atoms with van der Waals surface area (Å²) in [7, 11) is 1.58. The van der Waals surface area contributed by atoms with E-state index in [1.54, 1.807) is 25.4 Å². The van der Waals surface area contributed by atoms with E-state index < -0.39 is 6.36 Å². The first-order valence-corrected chi connectivity index (χ1v) is 8.25. The lowest BCUT2D eigenvalue weighted by Crippen LogP contribution is -2.17. The molecule has 0 aliphatic heterocycles. The van der Waals surface area contributed by atoms with Crippen LogP contribution in [0.1, 0.15) is 23.3 Å². The highest BCUT2D eigenvalue weighted by Gasteiger charge is 2.30. The van der Waals surface area contributed by atoms with E-state index >= 15 is 0 Å². The van der Waals surface area contributed by atoms with Crippen LogP contribution in [0.3, 0.4) is 0 Å². The molecular formula is C16H17F3N2O3S. The van der Waals surface area contributed by atoms with Gasteiger partial charge in [-0.05, 0) is 24.1 Å². The van der Waals surface area contributed by atoms with Crippen LogP contribution in [-0.4, -0.2) is 31.0 Å². The van der Waals surface area contributed by atoms with Crippen LogP contribution in [0.4, 0.5) is 18.3 Å². The second kappa shape index (κ2) is 8.82. The van der Waals surface area contributed by atoms with Crippen molar-refractivity contribution in [1.29, 1.82) is 0 Å². The molecule has 0 aliphatic rings. The quantitative estimate of drug-likeness (QED) is 0.710. The molecule has 0 aliphatic carbocycles. The van der Waals surface area contributed by atoms with Crippen molar-refractivity contribution < 1.29 is 27.4 Å². The first-order chi connectivity index (χ1) is 11.9. The van der Waals surface area contributed by atoms with Crippen molar-refractivity contribution in [2.24, 2.45) is 0 Å². The zero-order valence-corrected chi connectivity index (χ0v) is 14.2. The predicted molar refractivity (Wildman–Crippen MR) is 87.8 cm³/mol. The molecule has 0 saturated carbocycles. The largest absolute Gasteiger partial charge is 0.573 e. The van der Waals surface area contributed by atoms with Crippen molar-refractivity contribution >= 4 is 22.4 Å². The molecule has 136 valence electrons. The first-order valence-electron chi connectivity index (χ1n) is 7.44. The van der Waals surface area contributed by atoms with Gasteiger partial charge in [0.2, 0.25) is 5.91 Å². The number of nitrogens with zero attached hydrogens (tertiary/aromatic N) is 1. The number of aromatic nitrogens is 1. The fourth-order valence-corrected chi connectivity index (χ4v) is 2.88. The molecule has 0 bridgehead atoms. The Hall–Kier alpha value is -2.13. The average Bonchev–Trinajstić information content (AvgIpc) is 2.95. The Balaban J connectivity index is 1.87. The zero-order chi connectivity index (χ0) is 18.3. The van der Waals surface area contributed by atoms with Crippen LogP contribution in [0, 0.1) is 0 Å². The Kier molecular flexibility index (Phi) is 6.77. The van der Waals surface area contributed by atoms with E-state index in [4.69, 9.17) is 4.74 Å². The summed E-state index contributed by atoms with van der Waals surface area (Å²) >= 11 is 1.32. The average molecular weight is 374 g/mol. The Morgan fingerprint density at radius 3 is 2.64 bits per heavy atom. The van der Waals surface area contributed by atoms with Gasteiger partial charge < -0.3 is 14.8 Å². The van der Waals surface area contributed by atoms with E-state index in [-0.39, 0.29) is 11.7 Å². The molecule has 1 heterocycles. The van der Waals surface area contributed by atoms with Gasteiger partial charge in [-0.15, -0.1) is 24.5 Å². The topological polar surface area (TPSA) is 60.5 Å². The number of amides is 1. The molecule has 0 atom stereocenters. The minimum Gasteiger partial charge on any atom is -0.406 e. The number of alkyl halides is 3. The molecule has 2 aromatic rings. The van der Waals surface area contributed by atoms with Gasteiger partial charge in [0.25, 0.3) is 0 Å². The van der Waals surface area contributed by atoms with E-state index in [1.807, 2.05) is 0 Å². The van der Waals surface area contributed by atoms with Crippen LogP contribution in [-0.2, 0) is 16.0 Å². The highest BCUT2D eigenvalue weighted by atomic mass is 32.1. The van der Waals surface area contributed by atoms with Gasteiger partial charge in [-0.25, -0.2) is 4.98 Å². The molecule has 0 spiro atoms. The predicted octanol–water partition coefficient (Wildman–Crippen LogP) is 4.00. The van der Waals surface area contributed by atoms with Crippen LogP contribution >= 0.6 is 11.3 Å². The number of rotatable bonds is 8. The standard InChI is InChI=1S/C16H17F3N2O3S/c1-23-8-2-3-14(22)21-15-20-10-13(25-15)9-11-4-6-12(7-5-11)24-16(17,18)19/h4-7,10H,2-3,8-9H2,1H3,(H,20,21,22). The third-order valence-electron chi connectivity index (χ3n) is 3.09. The maximum Gasteiger partial charge on any atom is 0.573 e. The molecule has 1 amide bonds. The number of anilines is 1. The van der Waals surface area contributed by atoms with Gasteiger partial charge in [-0.1, -0.05) is 12.1 Å². The summed E-state index contributed by atoms with van der Waals surface area (Å²) in [6.07, 6.45) is -1.58. The number of hydrogen-bond acceptors (Lipinski definition) is 5. The summed E-state index contributed by atoms with van der Waals surface area (Å²) < 4.78 is 45.1. The highest BCUT2D eigenvalue weighted by molar-refractivity contribution is 7.15. The zero-order valence-electron chi connectivity index (χ0n) is 13.4. The Bertz CT molecular complexity index is 687. The summed E-state index contributed by atoms with van der Waals surface area (Å²) in [5.41, 5.74) is 0.816. The fourth-order valence-electron chi connectivity index (χ4n) is 2.02. The van der Waals surface area contributed by atoms with E-state index in [0.29, 0.717) is 31.0 Å². The highest BCUT2D eigenvalue weighted by Crippen LogP contribution is 2.25. The van der Waals surface area contributed by atoms with E-state index in [9.17, 15) is 18.0 Å². The lowest BCUT2D eigenvalue weighted by Gasteiger charge is -2.08. The molecule has 2 rings (SSSR count). The summed E-state index contributed by atoms with van der Waals surface area (Å²) in [6, 6.07) is 5.65. The number of halogens is 3. The number of carbonyl (C=O) groups is 1. The second-order valence-electron chi connectivity index (χ2n) is 5.14. The summed E-state index contributed by atoms with van der Waals surface area (Å²) in [5, 5.41) is 3.20. The third kappa shape index (κ3) is 7.10. The van der Waals surface area contributed by atoms with E-state index in [2.05, 4.69) is 15.0 Å². The maximum absolute atomic E-state index is 12.1. The van der Waals surface area contributed by atoms with E-state index in [1.165, 1.54) is 23.5 Å². The SMILES string of the molecule is COCCCC(=O)Nc1ncc(Cc2ccc(OC(F)(F)F)cc2)s1. The maximum atomic E-state index is 12.1. The van der Waals surface area contributed by atoms with Crippen LogP contribution < -0.4 is 10.1 Å². The Morgan fingerprint density at radius 1 is 1.28 bits per heavy atom. The Labute approximate surface area is 146 Å². The van der Waals surface area contributed by atoms with Gasteiger partial charge in [-0.2, -0.15) is 0 Å². The smallest absolute Gasteiger partial charge is 0.406 e. The van der Waals surface area contributed by atoms with Crippen molar-refractivity contribution in [3.05, 3.63) is 40.9 Å². The number of methoxy groups -OCH3 is 1. The van der Waals surface area contributed by atoms with Crippen LogP contribution in [0.15, 0.2) is 30.5 Å². The molecule has 5 nitrogen and oxygen atoms in total. The molecule has 0 fully saturated rings. The number of carbonyl (C=O) groups excluding carboxylic acids is 1. The van der Waals surface area contributed by atoms with E-state index in [0.717, 1.165) is 10.4 Å². The van der Waals surface area contributed by atoms with Gasteiger partial charge in [0.05, 0.1) is 0 Å². The van der Waals surface area contributed by atoms with Crippen molar-refractivity contribution in [2.45, 2.75) is 25.6 Å². The van der Waals surface area contributed by atoms with Crippen molar-refractivity contribution in [3.8, 4) is 5.75 Å². The first kappa shape index (κ1) is 19.2. The lowest BCUT2D eigenvalue weighted by atomic mass is 10.1. The number of thiazole rings is 1. The molecule has 1 aromatic heterocycles. The normalized spacial score (nSPS) is 11.4. The Morgan fingerprint density at radius 2 is 2.00 bits per heavy atom. The van der Waals surface area contributed by atoms with Gasteiger partial charge in [-0.3, -0.25) is 4.79 Å².